The Morgan fingerprint density at radius 2 is 2.16 bits per heavy atom. The van der Waals surface area contributed by atoms with Crippen LogP contribution in [0.1, 0.15) is 55.8 Å². The molecule has 0 radical (unpaired) electrons. The third-order valence-corrected chi connectivity index (χ3v) is 2.86. The van der Waals surface area contributed by atoms with Crippen LogP contribution in [-0.2, 0) is 0 Å². The molecule has 0 saturated carbocycles. The highest BCUT2D eigenvalue weighted by atomic mass is 35.5. The summed E-state index contributed by atoms with van der Waals surface area (Å²) < 4.78 is 0. The van der Waals surface area contributed by atoms with Gasteiger partial charge in [0.05, 0.1) is 17.3 Å². The molecule has 1 heterocycles. The molecule has 0 spiro atoms. The molecule has 19 heavy (non-hydrogen) atoms. The number of nitrogens with zero attached hydrogens (tertiary/aromatic N) is 2. The molecule has 1 unspecified atom stereocenters. The minimum atomic E-state index is -0.355. The molecule has 1 aromatic heterocycles. The largest absolute Gasteiger partial charge is 0.393 e. The van der Waals surface area contributed by atoms with Crippen molar-refractivity contribution in [3.8, 4) is 0 Å². The van der Waals surface area contributed by atoms with Crippen molar-refractivity contribution < 1.29 is 9.90 Å². The number of carbonyl (C=O) groups is 1. The summed E-state index contributed by atoms with van der Waals surface area (Å²) >= 11 is 5.93. The Bertz CT molecular complexity index is 436. The van der Waals surface area contributed by atoms with Gasteiger partial charge in [0.1, 0.15) is 11.5 Å². The van der Waals surface area contributed by atoms with Crippen molar-refractivity contribution in [2.45, 2.75) is 45.6 Å². The third kappa shape index (κ3) is 5.12. The predicted octanol–water partition coefficient (Wildman–Crippen LogP) is 2.14. The predicted molar refractivity (Wildman–Crippen MR) is 74.4 cm³/mol. The Labute approximate surface area is 118 Å². The van der Waals surface area contributed by atoms with E-state index >= 15 is 0 Å². The molecule has 106 valence electrons. The van der Waals surface area contributed by atoms with E-state index in [2.05, 4.69) is 15.3 Å². The van der Waals surface area contributed by atoms with Crippen LogP contribution in [0.4, 0.5) is 0 Å². The first-order chi connectivity index (χ1) is 8.91. The molecule has 0 aliphatic rings. The van der Waals surface area contributed by atoms with Crippen molar-refractivity contribution in [3.05, 3.63) is 22.7 Å². The number of hydrogen-bond acceptors (Lipinski definition) is 4. The second kappa shape index (κ2) is 7.40. The first-order valence-corrected chi connectivity index (χ1v) is 6.78. The molecule has 0 bridgehead atoms. The molecule has 1 atom stereocenters. The van der Waals surface area contributed by atoms with Gasteiger partial charge in [0.2, 0.25) is 0 Å². The number of halogens is 1. The van der Waals surface area contributed by atoms with Gasteiger partial charge in [-0.2, -0.15) is 0 Å². The molecule has 5 nitrogen and oxygen atoms in total. The van der Waals surface area contributed by atoms with Crippen LogP contribution in [0.3, 0.4) is 0 Å². The van der Waals surface area contributed by atoms with Gasteiger partial charge >= 0.3 is 0 Å². The fourth-order valence-electron chi connectivity index (χ4n) is 1.50. The second-order valence-electron chi connectivity index (χ2n) is 4.83. The van der Waals surface area contributed by atoms with E-state index in [-0.39, 0.29) is 28.6 Å². The van der Waals surface area contributed by atoms with Gasteiger partial charge in [0.15, 0.2) is 0 Å². The number of amides is 1. The van der Waals surface area contributed by atoms with Gasteiger partial charge in [-0.1, -0.05) is 25.4 Å². The van der Waals surface area contributed by atoms with Crippen LogP contribution in [0.2, 0.25) is 5.02 Å². The minimum Gasteiger partial charge on any atom is -0.393 e. The third-order valence-electron chi connectivity index (χ3n) is 2.58. The molecule has 1 aromatic rings. The lowest BCUT2D eigenvalue weighted by Gasteiger charge is -2.09. The Balaban J connectivity index is 2.63. The lowest BCUT2D eigenvalue weighted by Crippen LogP contribution is -2.27. The summed E-state index contributed by atoms with van der Waals surface area (Å²) in [6, 6.07) is 0. The number of aliphatic hydroxyl groups excluding tert-OH is 1. The SMILES string of the molecule is CC(O)CCCNC(=O)c1nc(C(C)C)ncc1Cl. The van der Waals surface area contributed by atoms with Crippen molar-refractivity contribution in [1.29, 1.82) is 0 Å². The summed E-state index contributed by atoms with van der Waals surface area (Å²) in [5, 5.41) is 12.1. The van der Waals surface area contributed by atoms with Gasteiger partial charge in [-0.3, -0.25) is 4.79 Å². The zero-order valence-electron chi connectivity index (χ0n) is 11.5. The van der Waals surface area contributed by atoms with Crippen molar-refractivity contribution in [3.63, 3.8) is 0 Å². The number of carbonyl (C=O) groups excluding carboxylic acids is 1. The van der Waals surface area contributed by atoms with Crippen LogP contribution in [0.15, 0.2) is 6.20 Å². The van der Waals surface area contributed by atoms with Gasteiger partial charge in [-0.05, 0) is 19.8 Å². The van der Waals surface area contributed by atoms with Gasteiger partial charge in [-0.25, -0.2) is 9.97 Å². The molecule has 0 aliphatic carbocycles. The summed E-state index contributed by atoms with van der Waals surface area (Å²) in [5.41, 5.74) is 0.206. The lowest BCUT2D eigenvalue weighted by molar-refractivity contribution is 0.0944. The van der Waals surface area contributed by atoms with E-state index in [0.29, 0.717) is 25.2 Å². The Morgan fingerprint density at radius 3 is 2.74 bits per heavy atom. The fraction of sp³-hybridized carbons (Fsp3) is 0.615. The van der Waals surface area contributed by atoms with Gasteiger partial charge in [0.25, 0.3) is 5.91 Å². The Kier molecular flexibility index (Phi) is 6.18. The monoisotopic (exact) mass is 285 g/mol. The maximum atomic E-state index is 11.9. The molecule has 0 aliphatic heterocycles. The lowest BCUT2D eigenvalue weighted by atomic mass is 10.2. The number of rotatable bonds is 6. The van der Waals surface area contributed by atoms with Crippen LogP contribution in [0.5, 0.6) is 0 Å². The van der Waals surface area contributed by atoms with Crippen LogP contribution in [0, 0.1) is 0 Å². The number of aromatic nitrogens is 2. The summed E-state index contributed by atoms with van der Waals surface area (Å²) in [6.45, 7) is 6.11. The molecule has 0 saturated heterocycles. The van der Waals surface area contributed by atoms with E-state index in [9.17, 15) is 4.79 Å². The second-order valence-corrected chi connectivity index (χ2v) is 5.23. The highest BCUT2D eigenvalue weighted by molar-refractivity contribution is 6.33. The number of hydrogen-bond donors (Lipinski definition) is 2. The first-order valence-electron chi connectivity index (χ1n) is 6.40. The summed E-state index contributed by atoms with van der Waals surface area (Å²) in [4.78, 5) is 20.2. The van der Waals surface area contributed by atoms with E-state index < -0.39 is 0 Å². The Hall–Kier alpha value is -1.20. The van der Waals surface area contributed by atoms with Crippen molar-refractivity contribution in [1.82, 2.24) is 15.3 Å². The maximum absolute atomic E-state index is 11.9. The normalized spacial score (nSPS) is 12.5. The van der Waals surface area contributed by atoms with E-state index in [0.717, 1.165) is 0 Å². The van der Waals surface area contributed by atoms with Crippen LogP contribution < -0.4 is 5.32 Å². The Morgan fingerprint density at radius 1 is 1.47 bits per heavy atom. The van der Waals surface area contributed by atoms with Gasteiger partial charge in [0, 0.05) is 12.5 Å². The molecule has 1 rings (SSSR count). The smallest absolute Gasteiger partial charge is 0.271 e. The average Bonchev–Trinajstić information content (AvgIpc) is 2.34. The van der Waals surface area contributed by atoms with Crippen molar-refractivity contribution in [2.75, 3.05) is 6.54 Å². The first kappa shape index (κ1) is 15.9. The molecular weight excluding hydrogens is 266 g/mol. The molecule has 2 N–H and O–H groups in total. The zero-order chi connectivity index (χ0) is 14.4. The number of aliphatic hydroxyl groups is 1. The van der Waals surface area contributed by atoms with Crippen molar-refractivity contribution in [2.24, 2.45) is 0 Å². The zero-order valence-corrected chi connectivity index (χ0v) is 12.2. The maximum Gasteiger partial charge on any atom is 0.271 e. The van der Waals surface area contributed by atoms with Crippen LogP contribution in [-0.4, -0.2) is 33.6 Å². The summed E-state index contributed by atoms with van der Waals surface area (Å²) in [6.07, 6.45) is 2.46. The molecule has 6 heteroatoms. The standard InChI is InChI=1S/C13H20ClN3O2/c1-8(2)12-16-7-10(14)11(17-12)13(19)15-6-4-5-9(3)18/h7-9,18H,4-6H2,1-3H3,(H,15,19). The van der Waals surface area contributed by atoms with E-state index in [1.807, 2.05) is 13.8 Å². The molecule has 0 aromatic carbocycles. The minimum absolute atomic E-state index is 0.138. The number of nitrogens with one attached hydrogen (secondary N) is 1. The van der Waals surface area contributed by atoms with Crippen LogP contribution in [0.25, 0.3) is 0 Å². The van der Waals surface area contributed by atoms with E-state index in [1.165, 1.54) is 6.20 Å². The topological polar surface area (TPSA) is 75.1 Å². The van der Waals surface area contributed by atoms with Gasteiger partial charge < -0.3 is 10.4 Å². The van der Waals surface area contributed by atoms with Crippen molar-refractivity contribution >= 4 is 17.5 Å². The molecule has 1 amide bonds. The van der Waals surface area contributed by atoms with Crippen LogP contribution >= 0.6 is 11.6 Å². The molecule has 0 fully saturated rings. The fourth-order valence-corrected chi connectivity index (χ4v) is 1.68. The quantitative estimate of drug-likeness (QED) is 0.785. The summed E-state index contributed by atoms with van der Waals surface area (Å²) in [7, 11) is 0. The van der Waals surface area contributed by atoms with Gasteiger partial charge in [-0.15, -0.1) is 0 Å². The van der Waals surface area contributed by atoms with E-state index in [1.54, 1.807) is 6.92 Å². The highest BCUT2D eigenvalue weighted by Crippen LogP contribution is 2.16. The average molecular weight is 286 g/mol. The highest BCUT2D eigenvalue weighted by Gasteiger charge is 2.15. The molecular formula is C13H20ClN3O2. The van der Waals surface area contributed by atoms with E-state index in [4.69, 9.17) is 16.7 Å². The summed E-state index contributed by atoms with van der Waals surface area (Å²) in [5.74, 6) is 0.428.